The Balaban J connectivity index is 2.09. The van der Waals surface area contributed by atoms with E-state index >= 15 is 0 Å². The summed E-state index contributed by atoms with van der Waals surface area (Å²) in [5.41, 5.74) is 2.92. The van der Waals surface area contributed by atoms with Gasteiger partial charge in [0.25, 0.3) is 0 Å². The summed E-state index contributed by atoms with van der Waals surface area (Å²) in [6.45, 7) is 3.46. The van der Waals surface area contributed by atoms with Gasteiger partial charge in [0.05, 0.1) is 7.11 Å². The lowest BCUT2D eigenvalue weighted by atomic mass is 9.90. The first kappa shape index (κ1) is 15.6. The molecular weight excluding hydrogens is 296 g/mol. The van der Waals surface area contributed by atoms with Crippen LogP contribution in [0.15, 0.2) is 21.3 Å². The molecule has 3 rings (SSSR count). The molecule has 0 saturated carbocycles. The second kappa shape index (κ2) is 6.07. The predicted molar refractivity (Wildman–Crippen MR) is 86.0 cm³/mol. The third kappa shape index (κ3) is 2.71. The van der Waals surface area contributed by atoms with Gasteiger partial charge in [-0.05, 0) is 57.2 Å². The lowest BCUT2D eigenvalue weighted by Gasteiger charge is -2.19. The van der Waals surface area contributed by atoms with Gasteiger partial charge in [0.15, 0.2) is 6.10 Å². The molecule has 1 aromatic heterocycles. The normalized spacial score (nSPS) is 15.1. The summed E-state index contributed by atoms with van der Waals surface area (Å²) in [4.78, 5) is 23.8. The third-order valence-corrected chi connectivity index (χ3v) is 4.43. The van der Waals surface area contributed by atoms with Gasteiger partial charge in [-0.3, -0.25) is 0 Å². The SMILES string of the molecule is COC(=O)[C@H](C)Oc1ccc2c3c(c(=O)oc2c1C)CCCC3. The fourth-order valence-corrected chi connectivity index (χ4v) is 3.16. The van der Waals surface area contributed by atoms with Gasteiger partial charge in [-0.1, -0.05) is 0 Å². The second-order valence-corrected chi connectivity index (χ2v) is 5.90. The second-order valence-electron chi connectivity index (χ2n) is 5.90. The van der Waals surface area contributed by atoms with E-state index in [-0.39, 0.29) is 5.63 Å². The van der Waals surface area contributed by atoms with Crippen molar-refractivity contribution >= 4 is 16.9 Å². The van der Waals surface area contributed by atoms with E-state index in [1.165, 1.54) is 7.11 Å². The lowest BCUT2D eigenvalue weighted by molar-refractivity contribution is -0.147. The van der Waals surface area contributed by atoms with Gasteiger partial charge in [0.1, 0.15) is 11.3 Å². The minimum Gasteiger partial charge on any atom is -0.479 e. The van der Waals surface area contributed by atoms with Crippen molar-refractivity contribution in [3.05, 3.63) is 39.2 Å². The zero-order valence-electron chi connectivity index (χ0n) is 13.6. The van der Waals surface area contributed by atoms with Crippen LogP contribution in [-0.4, -0.2) is 19.2 Å². The Morgan fingerprint density at radius 3 is 2.61 bits per heavy atom. The molecule has 1 aliphatic carbocycles. The molecule has 0 unspecified atom stereocenters. The fraction of sp³-hybridized carbons (Fsp3) is 0.444. The van der Waals surface area contributed by atoms with Crippen molar-refractivity contribution in [3.8, 4) is 5.75 Å². The molecule has 0 fully saturated rings. The number of fused-ring (bicyclic) bond motifs is 3. The maximum atomic E-state index is 12.2. The summed E-state index contributed by atoms with van der Waals surface area (Å²) in [5.74, 6) is 0.0747. The molecule has 0 aliphatic heterocycles. The van der Waals surface area contributed by atoms with Crippen molar-refractivity contribution < 1.29 is 18.7 Å². The summed E-state index contributed by atoms with van der Waals surface area (Å²) < 4.78 is 15.9. The number of ether oxygens (including phenoxy) is 2. The first-order valence-electron chi connectivity index (χ1n) is 7.85. The maximum Gasteiger partial charge on any atom is 0.346 e. The summed E-state index contributed by atoms with van der Waals surface area (Å²) in [6, 6.07) is 3.74. The van der Waals surface area contributed by atoms with Gasteiger partial charge < -0.3 is 13.9 Å². The fourth-order valence-electron chi connectivity index (χ4n) is 3.16. The molecule has 2 aromatic rings. The Kier molecular flexibility index (Phi) is 4.11. The average Bonchev–Trinajstić information content (AvgIpc) is 2.57. The smallest absolute Gasteiger partial charge is 0.346 e. The summed E-state index contributed by atoms with van der Waals surface area (Å²) in [6.07, 6.45) is 3.07. The van der Waals surface area contributed by atoms with Crippen molar-refractivity contribution in [1.29, 1.82) is 0 Å². The molecule has 0 spiro atoms. The first-order chi connectivity index (χ1) is 11.0. The van der Waals surface area contributed by atoms with Crippen molar-refractivity contribution in [1.82, 2.24) is 0 Å². The van der Waals surface area contributed by atoms with Gasteiger partial charge in [0.2, 0.25) is 0 Å². The zero-order valence-corrected chi connectivity index (χ0v) is 13.6. The molecule has 0 bridgehead atoms. The topological polar surface area (TPSA) is 65.7 Å². The van der Waals surface area contributed by atoms with Gasteiger partial charge in [-0.2, -0.15) is 0 Å². The molecule has 1 atom stereocenters. The van der Waals surface area contributed by atoms with Crippen LogP contribution in [0.25, 0.3) is 11.0 Å². The van der Waals surface area contributed by atoms with Crippen molar-refractivity contribution in [2.75, 3.05) is 7.11 Å². The van der Waals surface area contributed by atoms with Crippen LogP contribution in [0, 0.1) is 6.92 Å². The van der Waals surface area contributed by atoms with Crippen LogP contribution in [0.3, 0.4) is 0 Å². The third-order valence-electron chi connectivity index (χ3n) is 4.43. The van der Waals surface area contributed by atoms with Gasteiger partial charge in [-0.15, -0.1) is 0 Å². The number of esters is 1. The standard InChI is InChI=1S/C18H20O5/c1-10-15(22-11(2)17(19)21-3)9-8-13-12-6-4-5-7-14(12)18(20)23-16(10)13/h8-9,11H,4-7H2,1-3H3/t11-/m0/s1. The Hall–Kier alpha value is -2.30. The number of carbonyl (C=O) groups is 1. The molecule has 0 saturated heterocycles. The molecule has 122 valence electrons. The van der Waals surface area contributed by atoms with E-state index < -0.39 is 12.1 Å². The van der Waals surface area contributed by atoms with Crippen LogP contribution in [0.2, 0.25) is 0 Å². The van der Waals surface area contributed by atoms with E-state index in [1.54, 1.807) is 6.92 Å². The monoisotopic (exact) mass is 316 g/mol. The number of hydrogen-bond donors (Lipinski definition) is 0. The van der Waals surface area contributed by atoms with E-state index in [9.17, 15) is 9.59 Å². The highest BCUT2D eigenvalue weighted by Gasteiger charge is 2.21. The minimum atomic E-state index is -0.722. The molecule has 1 heterocycles. The van der Waals surface area contributed by atoms with E-state index in [0.29, 0.717) is 11.3 Å². The minimum absolute atomic E-state index is 0.256. The van der Waals surface area contributed by atoms with Crippen LogP contribution >= 0.6 is 0 Å². The van der Waals surface area contributed by atoms with Gasteiger partial charge in [-0.25, -0.2) is 9.59 Å². The number of aryl methyl sites for hydroxylation is 2. The average molecular weight is 316 g/mol. The largest absolute Gasteiger partial charge is 0.479 e. The highest BCUT2D eigenvalue weighted by molar-refractivity contribution is 5.86. The molecule has 23 heavy (non-hydrogen) atoms. The highest BCUT2D eigenvalue weighted by Crippen LogP contribution is 2.32. The summed E-state index contributed by atoms with van der Waals surface area (Å²) in [5, 5.41) is 0.967. The zero-order chi connectivity index (χ0) is 16.6. The Labute approximate surface area is 134 Å². The van der Waals surface area contributed by atoms with Crippen LogP contribution in [-0.2, 0) is 22.4 Å². The van der Waals surface area contributed by atoms with Crippen molar-refractivity contribution in [2.45, 2.75) is 45.6 Å². The molecule has 5 heteroatoms. The van der Waals surface area contributed by atoms with E-state index in [2.05, 4.69) is 4.74 Å². The molecule has 5 nitrogen and oxygen atoms in total. The number of carbonyl (C=O) groups excluding carboxylic acids is 1. The molecule has 0 radical (unpaired) electrons. The Morgan fingerprint density at radius 1 is 1.22 bits per heavy atom. The van der Waals surface area contributed by atoms with E-state index in [1.807, 2.05) is 19.1 Å². The van der Waals surface area contributed by atoms with Crippen molar-refractivity contribution in [2.24, 2.45) is 0 Å². The Bertz CT molecular complexity index is 818. The molecule has 0 amide bonds. The Morgan fingerprint density at radius 2 is 1.91 bits per heavy atom. The number of hydrogen-bond acceptors (Lipinski definition) is 5. The van der Waals surface area contributed by atoms with Crippen LogP contribution in [0.5, 0.6) is 5.75 Å². The first-order valence-corrected chi connectivity index (χ1v) is 7.85. The molecule has 1 aromatic carbocycles. The van der Waals surface area contributed by atoms with Gasteiger partial charge in [0, 0.05) is 16.5 Å². The molecule has 1 aliphatic rings. The molecular formula is C18H20O5. The van der Waals surface area contributed by atoms with E-state index in [4.69, 9.17) is 9.15 Å². The maximum absolute atomic E-state index is 12.2. The van der Waals surface area contributed by atoms with E-state index in [0.717, 1.165) is 47.8 Å². The van der Waals surface area contributed by atoms with Crippen LogP contribution < -0.4 is 10.4 Å². The number of rotatable bonds is 3. The van der Waals surface area contributed by atoms with Crippen LogP contribution in [0.4, 0.5) is 0 Å². The number of methoxy groups -OCH3 is 1. The highest BCUT2D eigenvalue weighted by atomic mass is 16.6. The summed E-state index contributed by atoms with van der Waals surface area (Å²) >= 11 is 0. The van der Waals surface area contributed by atoms with Gasteiger partial charge >= 0.3 is 11.6 Å². The lowest BCUT2D eigenvalue weighted by Crippen LogP contribution is -2.25. The van der Waals surface area contributed by atoms with Crippen LogP contribution in [0.1, 0.15) is 36.5 Å². The van der Waals surface area contributed by atoms with Crippen molar-refractivity contribution in [3.63, 3.8) is 0 Å². The summed E-state index contributed by atoms with van der Waals surface area (Å²) in [7, 11) is 1.32. The number of benzene rings is 1. The predicted octanol–water partition coefficient (Wildman–Crippen LogP) is 2.92. The molecule has 0 N–H and O–H groups in total. The quantitative estimate of drug-likeness (QED) is 0.643.